The van der Waals surface area contributed by atoms with Crippen molar-refractivity contribution in [2.75, 3.05) is 12.8 Å². The first-order valence-electron chi connectivity index (χ1n) is 3.24. The van der Waals surface area contributed by atoms with Gasteiger partial charge in [-0.15, -0.1) is 4.52 Å². The molecule has 2 nitrogen and oxygen atoms in total. The highest BCUT2D eigenvalue weighted by Crippen LogP contribution is 2.24. The maximum atomic E-state index is 10.8. The lowest BCUT2D eigenvalue weighted by Crippen LogP contribution is -1.91. The average Bonchev–Trinajstić information content (AvgIpc) is 1.63. The third-order valence-corrected chi connectivity index (χ3v) is 2.36. The van der Waals surface area contributed by atoms with Crippen molar-refractivity contribution in [3.63, 3.8) is 0 Å². The second kappa shape index (κ2) is 7.70. The summed E-state index contributed by atoms with van der Waals surface area (Å²) in [7, 11) is -1.37. The van der Waals surface area contributed by atoms with E-state index in [9.17, 15) is 4.57 Å². The number of hydrogen-bond acceptors (Lipinski definition) is 2. The molecule has 0 N–H and O–H groups in total. The molecule has 0 saturated carbocycles. The van der Waals surface area contributed by atoms with Gasteiger partial charge >= 0.3 is 8.03 Å². The fourth-order valence-electron chi connectivity index (χ4n) is 0.495. The van der Waals surface area contributed by atoms with Crippen molar-refractivity contribution in [2.45, 2.75) is 20.8 Å². The first kappa shape index (κ1) is 13.2. The molecule has 0 radical (unpaired) electrons. The molecule has 0 aromatic rings. The van der Waals surface area contributed by atoms with E-state index < -0.39 is 8.03 Å². The minimum Gasteiger partial charge on any atom is -0.147 e. The van der Waals surface area contributed by atoms with Crippen LogP contribution in [0.2, 0.25) is 0 Å². The molecule has 0 fully saturated rings. The van der Waals surface area contributed by atoms with Crippen molar-refractivity contribution in [1.82, 2.24) is 0 Å². The van der Waals surface area contributed by atoms with E-state index >= 15 is 0 Å². The zero-order chi connectivity index (χ0) is 7.28. The van der Waals surface area contributed by atoms with E-state index in [1.165, 1.54) is 0 Å². The summed E-state index contributed by atoms with van der Waals surface area (Å²) < 4.78 is 15.6. The van der Waals surface area contributed by atoms with E-state index in [0.717, 1.165) is 0 Å². The highest BCUT2D eigenvalue weighted by molar-refractivity contribution is 7.39. The van der Waals surface area contributed by atoms with E-state index in [1.807, 2.05) is 20.8 Å². The molecule has 0 aliphatic carbocycles. The number of hydrogen-bond donors (Lipinski definition) is 0. The van der Waals surface area contributed by atoms with Gasteiger partial charge in [-0.2, -0.15) is 0 Å². The molecule has 0 rings (SSSR count). The molecule has 60 valence electrons. The summed E-state index contributed by atoms with van der Waals surface area (Å²) in [6, 6.07) is 0. The molecule has 0 aromatic carbocycles. The van der Waals surface area contributed by atoms with Gasteiger partial charge in [0.1, 0.15) is 0 Å². The Morgan fingerprint density at radius 3 is 2.30 bits per heavy atom. The Kier molecular flexibility index (Phi) is 10.2. The SMILES string of the molecule is CCO[P+](=O)CC(C)C.[AlH3]. The van der Waals surface area contributed by atoms with Gasteiger partial charge in [-0.3, -0.25) is 0 Å². The van der Waals surface area contributed by atoms with Crippen molar-refractivity contribution in [1.29, 1.82) is 0 Å². The van der Waals surface area contributed by atoms with Crippen molar-refractivity contribution in [2.24, 2.45) is 5.92 Å². The molecule has 0 bridgehead atoms. The maximum Gasteiger partial charge on any atom is 0.508 e. The van der Waals surface area contributed by atoms with E-state index in [1.54, 1.807) is 0 Å². The minimum absolute atomic E-state index is 0. The van der Waals surface area contributed by atoms with Crippen LogP contribution in [-0.4, -0.2) is 30.1 Å². The predicted octanol–water partition coefficient (Wildman–Crippen LogP) is 1.24. The first-order chi connectivity index (χ1) is 4.16. The van der Waals surface area contributed by atoms with E-state index in [4.69, 9.17) is 4.52 Å². The van der Waals surface area contributed by atoms with Gasteiger partial charge in [0.25, 0.3) is 0 Å². The van der Waals surface area contributed by atoms with Crippen LogP contribution in [0, 0.1) is 5.92 Å². The average molecular weight is 179 g/mol. The monoisotopic (exact) mass is 179 g/mol. The highest BCUT2D eigenvalue weighted by Gasteiger charge is 2.17. The summed E-state index contributed by atoms with van der Waals surface area (Å²) >= 11 is 0. The van der Waals surface area contributed by atoms with Crippen LogP contribution in [0.3, 0.4) is 0 Å². The van der Waals surface area contributed by atoms with E-state index in [0.29, 0.717) is 18.7 Å². The lowest BCUT2D eigenvalue weighted by atomic mass is 10.3. The van der Waals surface area contributed by atoms with Crippen LogP contribution >= 0.6 is 8.03 Å². The maximum absolute atomic E-state index is 10.8. The highest BCUT2D eigenvalue weighted by atomic mass is 31.1. The zero-order valence-corrected chi connectivity index (χ0v) is 7.15. The molecule has 0 spiro atoms. The Morgan fingerprint density at radius 2 is 2.00 bits per heavy atom. The van der Waals surface area contributed by atoms with Crippen LogP contribution in [0.4, 0.5) is 0 Å². The summed E-state index contributed by atoms with van der Waals surface area (Å²) in [4.78, 5) is 0. The molecule has 4 heteroatoms. The normalized spacial score (nSPS) is 11.0. The van der Waals surface area contributed by atoms with Crippen LogP contribution in [0.1, 0.15) is 20.8 Å². The Hall–Kier alpha value is 0.592. The van der Waals surface area contributed by atoms with Crippen molar-refractivity contribution < 1.29 is 9.09 Å². The quantitative estimate of drug-likeness (QED) is 0.479. The molecular weight excluding hydrogens is 162 g/mol. The lowest BCUT2D eigenvalue weighted by molar-refractivity contribution is 0.347. The molecular formula is C6H17AlO2P+. The van der Waals surface area contributed by atoms with Crippen molar-refractivity contribution in [3.05, 3.63) is 0 Å². The van der Waals surface area contributed by atoms with Crippen LogP contribution < -0.4 is 0 Å². The topological polar surface area (TPSA) is 26.3 Å². The predicted molar refractivity (Wildman–Crippen MR) is 48.9 cm³/mol. The Bertz CT molecular complexity index is 95.7. The van der Waals surface area contributed by atoms with Crippen molar-refractivity contribution >= 4 is 25.4 Å². The third-order valence-electron chi connectivity index (χ3n) is 0.787. The zero-order valence-electron chi connectivity index (χ0n) is 6.26. The summed E-state index contributed by atoms with van der Waals surface area (Å²) in [5.41, 5.74) is 0. The summed E-state index contributed by atoms with van der Waals surface area (Å²) in [5, 5.41) is 0. The van der Waals surface area contributed by atoms with Gasteiger partial charge in [0.15, 0.2) is 23.5 Å². The standard InChI is InChI=1S/C6H14O2P.Al.3H/c1-4-8-9(7)5-6(2)3;;;;/h6H,4-5H2,1-3H3;;;;/q+1;;;;. The number of rotatable bonds is 4. The van der Waals surface area contributed by atoms with Gasteiger partial charge in [-0.05, 0) is 11.5 Å². The molecule has 0 heterocycles. The van der Waals surface area contributed by atoms with Gasteiger partial charge in [-0.25, -0.2) is 0 Å². The second-order valence-electron chi connectivity index (χ2n) is 2.33. The van der Waals surface area contributed by atoms with E-state index in [-0.39, 0.29) is 17.4 Å². The Morgan fingerprint density at radius 1 is 1.50 bits per heavy atom. The smallest absolute Gasteiger partial charge is 0.147 e. The van der Waals surface area contributed by atoms with Gasteiger partial charge in [0, 0.05) is 5.92 Å². The van der Waals surface area contributed by atoms with Crippen LogP contribution in [-0.2, 0) is 9.09 Å². The summed E-state index contributed by atoms with van der Waals surface area (Å²) in [6.45, 7) is 6.48. The molecule has 1 atom stereocenters. The van der Waals surface area contributed by atoms with Crippen LogP contribution in [0.5, 0.6) is 0 Å². The second-order valence-corrected chi connectivity index (χ2v) is 3.62. The Labute approximate surface area is 74.3 Å². The van der Waals surface area contributed by atoms with Gasteiger partial charge < -0.3 is 0 Å². The molecule has 0 saturated heterocycles. The fourth-order valence-corrected chi connectivity index (χ4v) is 1.48. The van der Waals surface area contributed by atoms with Crippen LogP contribution in [0.15, 0.2) is 0 Å². The molecule has 0 aliphatic heterocycles. The fraction of sp³-hybridized carbons (Fsp3) is 1.00. The van der Waals surface area contributed by atoms with E-state index in [2.05, 4.69) is 0 Å². The molecule has 0 aliphatic rings. The summed E-state index contributed by atoms with van der Waals surface area (Å²) in [6.07, 6.45) is 0.684. The lowest BCUT2D eigenvalue weighted by Gasteiger charge is -1.89. The first-order valence-corrected chi connectivity index (χ1v) is 4.60. The van der Waals surface area contributed by atoms with Crippen molar-refractivity contribution in [3.8, 4) is 0 Å². The van der Waals surface area contributed by atoms with Crippen LogP contribution in [0.25, 0.3) is 0 Å². The molecule has 0 amide bonds. The van der Waals surface area contributed by atoms with Gasteiger partial charge in [0.2, 0.25) is 0 Å². The van der Waals surface area contributed by atoms with Gasteiger partial charge in [-0.1, -0.05) is 13.8 Å². The van der Waals surface area contributed by atoms with Gasteiger partial charge in [0.05, 0.1) is 6.61 Å². The molecule has 0 aromatic heterocycles. The molecule has 10 heavy (non-hydrogen) atoms. The minimum atomic E-state index is -1.37. The third kappa shape index (κ3) is 8.59. The molecule has 1 unspecified atom stereocenters. The Balaban J connectivity index is 0. The largest absolute Gasteiger partial charge is 0.508 e. The summed E-state index contributed by atoms with van der Waals surface area (Å²) in [5.74, 6) is 0.472.